The molecule has 1 unspecified atom stereocenters. The van der Waals surface area contributed by atoms with E-state index < -0.39 is 0 Å². The predicted molar refractivity (Wildman–Crippen MR) is 80.0 cm³/mol. The van der Waals surface area contributed by atoms with Gasteiger partial charge >= 0.3 is 0 Å². The average Bonchev–Trinajstić information content (AvgIpc) is 2.70. The van der Waals surface area contributed by atoms with Crippen molar-refractivity contribution in [3.05, 3.63) is 36.4 Å². The quantitative estimate of drug-likeness (QED) is 0.836. The van der Waals surface area contributed by atoms with E-state index in [0.717, 1.165) is 24.2 Å². The standard InChI is InChI=1S/C17H20N2O/c1-19-13-7-8-14(19)11-15(10-13)20-17-9-6-12-4-2-3-5-16(12)18-17/h2-6,9,13-15H,7-8,10-11H2,1H3/t13-,14+,15?. The van der Waals surface area contributed by atoms with Gasteiger partial charge in [-0.3, -0.25) is 0 Å². The lowest BCUT2D eigenvalue weighted by molar-refractivity contribution is 0.0635. The van der Waals surface area contributed by atoms with E-state index in [-0.39, 0.29) is 0 Å². The van der Waals surface area contributed by atoms with E-state index in [9.17, 15) is 0 Å². The smallest absolute Gasteiger partial charge is 0.214 e. The van der Waals surface area contributed by atoms with Crippen LogP contribution in [-0.4, -0.2) is 35.1 Å². The summed E-state index contributed by atoms with van der Waals surface area (Å²) in [5.41, 5.74) is 1.01. The second-order valence-electron chi connectivity index (χ2n) is 6.10. The van der Waals surface area contributed by atoms with Gasteiger partial charge in [0.25, 0.3) is 0 Å². The fourth-order valence-electron chi connectivity index (χ4n) is 3.74. The number of nitrogens with zero attached hydrogens (tertiary/aromatic N) is 2. The van der Waals surface area contributed by atoms with Crippen molar-refractivity contribution in [3.8, 4) is 5.88 Å². The minimum Gasteiger partial charge on any atom is -0.474 e. The summed E-state index contributed by atoms with van der Waals surface area (Å²) < 4.78 is 6.15. The van der Waals surface area contributed by atoms with Crippen LogP contribution in [0.25, 0.3) is 10.9 Å². The number of piperidine rings is 1. The number of hydrogen-bond acceptors (Lipinski definition) is 3. The molecule has 0 aliphatic carbocycles. The molecule has 1 aromatic heterocycles. The highest BCUT2D eigenvalue weighted by Gasteiger charge is 2.39. The molecule has 2 aliphatic rings. The highest BCUT2D eigenvalue weighted by Crippen LogP contribution is 2.35. The molecule has 20 heavy (non-hydrogen) atoms. The number of pyridine rings is 1. The number of aromatic nitrogens is 1. The number of benzene rings is 1. The summed E-state index contributed by atoms with van der Waals surface area (Å²) in [6, 6.07) is 13.7. The normalized spacial score (nSPS) is 29.8. The average molecular weight is 268 g/mol. The molecular formula is C17H20N2O. The minimum absolute atomic E-state index is 0.331. The van der Waals surface area contributed by atoms with E-state index in [1.807, 2.05) is 24.3 Å². The number of rotatable bonds is 2. The topological polar surface area (TPSA) is 25.4 Å². The Morgan fingerprint density at radius 1 is 1.05 bits per heavy atom. The van der Waals surface area contributed by atoms with Crippen LogP contribution >= 0.6 is 0 Å². The van der Waals surface area contributed by atoms with Gasteiger partial charge in [-0.25, -0.2) is 4.98 Å². The van der Waals surface area contributed by atoms with E-state index in [2.05, 4.69) is 29.1 Å². The maximum Gasteiger partial charge on any atom is 0.214 e. The molecule has 0 amide bonds. The van der Waals surface area contributed by atoms with Crippen LogP contribution in [0.5, 0.6) is 5.88 Å². The van der Waals surface area contributed by atoms with Crippen LogP contribution in [0, 0.1) is 0 Å². The lowest BCUT2D eigenvalue weighted by Gasteiger charge is -2.36. The Morgan fingerprint density at radius 2 is 1.80 bits per heavy atom. The number of para-hydroxylation sites is 1. The molecule has 1 aromatic carbocycles. The predicted octanol–water partition coefficient (Wildman–Crippen LogP) is 3.24. The van der Waals surface area contributed by atoms with Crippen LogP contribution in [0.2, 0.25) is 0 Å². The summed E-state index contributed by atoms with van der Waals surface area (Å²) in [7, 11) is 2.26. The van der Waals surface area contributed by atoms with Crippen molar-refractivity contribution in [1.82, 2.24) is 9.88 Å². The molecular weight excluding hydrogens is 248 g/mol. The van der Waals surface area contributed by atoms with Crippen molar-refractivity contribution >= 4 is 10.9 Å². The first kappa shape index (κ1) is 12.2. The molecule has 2 bridgehead atoms. The maximum atomic E-state index is 6.15. The zero-order valence-corrected chi connectivity index (χ0v) is 11.8. The molecule has 0 saturated carbocycles. The molecule has 0 spiro atoms. The van der Waals surface area contributed by atoms with Gasteiger partial charge in [0.05, 0.1) is 5.52 Å². The van der Waals surface area contributed by atoms with Gasteiger partial charge in [0.1, 0.15) is 6.10 Å². The maximum absolute atomic E-state index is 6.15. The lowest BCUT2D eigenvalue weighted by Crippen LogP contribution is -2.43. The van der Waals surface area contributed by atoms with Crippen molar-refractivity contribution < 1.29 is 4.74 Å². The summed E-state index contributed by atoms with van der Waals surface area (Å²) in [6.45, 7) is 0. The molecule has 2 fully saturated rings. The van der Waals surface area contributed by atoms with Crippen LogP contribution in [0.15, 0.2) is 36.4 Å². The second-order valence-corrected chi connectivity index (χ2v) is 6.10. The van der Waals surface area contributed by atoms with Crippen molar-refractivity contribution in [3.63, 3.8) is 0 Å². The van der Waals surface area contributed by atoms with E-state index in [0.29, 0.717) is 18.2 Å². The van der Waals surface area contributed by atoms with Gasteiger partial charge in [-0.05, 0) is 44.9 Å². The molecule has 3 heterocycles. The number of hydrogen-bond donors (Lipinski definition) is 0. The van der Waals surface area contributed by atoms with E-state index in [4.69, 9.17) is 4.74 Å². The molecule has 3 atom stereocenters. The van der Waals surface area contributed by atoms with Crippen LogP contribution in [0.1, 0.15) is 25.7 Å². The Labute approximate surface area is 119 Å². The third-order valence-electron chi connectivity index (χ3n) is 4.92. The Hall–Kier alpha value is -1.61. The molecule has 2 aromatic rings. The first-order valence-corrected chi connectivity index (χ1v) is 7.54. The summed E-state index contributed by atoms with van der Waals surface area (Å²) in [6.07, 6.45) is 5.26. The Morgan fingerprint density at radius 3 is 2.60 bits per heavy atom. The van der Waals surface area contributed by atoms with Crippen LogP contribution in [-0.2, 0) is 0 Å². The van der Waals surface area contributed by atoms with Gasteiger partial charge in [0.15, 0.2) is 0 Å². The lowest BCUT2D eigenvalue weighted by atomic mass is 10.0. The molecule has 4 rings (SSSR count). The number of ether oxygens (including phenoxy) is 1. The second kappa shape index (κ2) is 4.74. The summed E-state index contributed by atoms with van der Waals surface area (Å²) in [4.78, 5) is 7.16. The first-order chi connectivity index (χ1) is 9.79. The third-order valence-corrected chi connectivity index (χ3v) is 4.92. The van der Waals surface area contributed by atoms with Crippen molar-refractivity contribution in [2.75, 3.05) is 7.05 Å². The summed E-state index contributed by atoms with van der Waals surface area (Å²) in [5, 5.41) is 1.17. The SMILES string of the molecule is CN1[C@@H]2CC[C@H]1CC(Oc1ccc3ccccc3n1)C2. The zero-order chi connectivity index (χ0) is 13.5. The molecule has 3 heteroatoms. The molecule has 0 radical (unpaired) electrons. The minimum atomic E-state index is 0.331. The van der Waals surface area contributed by atoms with E-state index in [1.54, 1.807) is 0 Å². The van der Waals surface area contributed by atoms with Gasteiger partial charge < -0.3 is 9.64 Å². The van der Waals surface area contributed by atoms with Gasteiger partial charge in [0, 0.05) is 23.5 Å². The van der Waals surface area contributed by atoms with E-state index >= 15 is 0 Å². The summed E-state index contributed by atoms with van der Waals surface area (Å²) >= 11 is 0. The van der Waals surface area contributed by atoms with Crippen LogP contribution in [0.3, 0.4) is 0 Å². The monoisotopic (exact) mass is 268 g/mol. The fourth-order valence-corrected chi connectivity index (χ4v) is 3.74. The number of fused-ring (bicyclic) bond motifs is 3. The molecule has 2 aliphatic heterocycles. The van der Waals surface area contributed by atoms with Gasteiger partial charge in [-0.2, -0.15) is 0 Å². The zero-order valence-electron chi connectivity index (χ0n) is 11.8. The molecule has 0 N–H and O–H groups in total. The van der Waals surface area contributed by atoms with Crippen molar-refractivity contribution in [2.24, 2.45) is 0 Å². The highest BCUT2D eigenvalue weighted by atomic mass is 16.5. The van der Waals surface area contributed by atoms with Gasteiger partial charge in [-0.15, -0.1) is 0 Å². The van der Waals surface area contributed by atoms with Crippen molar-refractivity contribution in [1.29, 1.82) is 0 Å². The van der Waals surface area contributed by atoms with Crippen molar-refractivity contribution in [2.45, 2.75) is 43.9 Å². The van der Waals surface area contributed by atoms with Crippen LogP contribution in [0.4, 0.5) is 0 Å². The molecule has 2 saturated heterocycles. The largest absolute Gasteiger partial charge is 0.474 e. The Kier molecular flexibility index (Phi) is 2.88. The van der Waals surface area contributed by atoms with E-state index in [1.165, 1.54) is 18.2 Å². The van der Waals surface area contributed by atoms with Crippen LogP contribution < -0.4 is 4.74 Å². The van der Waals surface area contributed by atoms with Gasteiger partial charge in [0.2, 0.25) is 5.88 Å². The molecule has 104 valence electrons. The fraction of sp³-hybridized carbons (Fsp3) is 0.471. The Bertz CT molecular complexity index is 613. The third kappa shape index (κ3) is 2.06. The first-order valence-electron chi connectivity index (χ1n) is 7.54. The molecule has 3 nitrogen and oxygen atoms in total. The summed E-state index contributed by atoms with van der Waals surface area (Å²) in [5.74, 6) is 0.776. The Balaban J connectivity index is 1.53. The van der Waals surface area contributed by atoms with Gasteiger partial charge in [-0.1, -0.05) is 18.2 Å². The highest BCUT2D eigenvalue weighted by molar-refractivity contribution is 5.78.